The van der Waals surface area contributed by atoms with Crippen molar-refractivity contribution in [2.24, 2.45) is 5.92 Å². The minimum absolute atomic E-state index is 0.0207. The van der Waals surface area contributed by atoms with Crippen molar-refractivity contribution < 1.29 is 4.79 Å². The molecule has 1 aliphatic heterocycles. The highest BCUT2D eigenvalue weighted by Gasteiger charge is 2.15. The van der Waals surface area contributed by atoms with Gasteiger partial charge in [0.1, 0.15) is 0 Å². The summed E-state index contributed by atoms with van der Waals surface area (Å²) < 4.78 is 0. The standard InChI is InChI=1S/C11H16N4O/c16-11(4-3-9-5-7-12-8-9)14-10-2-1-6-13-15-10/h1-2,6,9,12H,3-5,7-8H2,(H,14,15,16). The van der Waals surface area contributed by atoms with E-state index in [4.69, 9.17) is 0 Å². The van der Waals surface area contributed by atoms with E-state index in [9.17, 15) is 4.79 Å². The van der Waals surface area contributed by atoms with E-state index in [1.807, 2.05) is 0 Å². The molecule has 5 heteroatoms. The highest BCUT2D eigenvalue weighted by atomic mass is 16.1. The van der Waals surface area contributed by atoms with E-state index in [-0.39, 0.29) is 5.91 Å². The molecule has 1 aromatic heterocycles. The molecule has 1 amide bonds. The first-order chi connectivity index (χ1) is 7.84. The second kappa shape index (κ2) is 5.55. The number of nitrogens with one attached hydrogen (secondary N) is 2. The molecule has 1 unspecified atom stereocenters. The van der Waals surface area contributed by atoms with Gasteiger partial charge in [0.05, 0.1) is 0 Å². The third kappa shape index (κ3) is 3.27. The summed E-state index contributed by atoms with van der Waals surface area (Å²) in [7, 11) is 0. The van der Waals surface area contributed by atoms with Crippen molar-refractivity contribution >= 4 is 11.7 Å². The van der Waals surface area contributed by atoms with Crippen LogP contribution in [0.3, 0.4) is 0 Å². The van der Waals surface area contributed by atoms with Gasteiger partial charge in [0, 0.05) is 12.6 Å². The highest BCUT2D eigenvalue weighted by Crippen LogP contribution is 2.14. The topological polar surface area (TPSA) is 66.9 Å². The average Bonchev–Trinajstić information content (AvgIpc) is 2.81. The summed E-state index contributed by atoms with van der Waals surface area (Å²) in [6, 6.07) is 3.49. The van der Waals surface area contributed by atoms with E-state index >= 15 is 0 Å². The van der Waals surface area contributed by atoms with Crippen LogP contribution in [0.4, 0.5) is 5.82 Å². The van der Waals surface area contributed by atoms with E-state index in [0.29, 0.717) is 18.2 Å². The fraction of sp³-hybridized carbons (Fsp3) is 0.545. The lowest BCUT2D eigenvalue weighted by atomic mass is 10.0. The number of hydrogen-bond donors (Lipinski definition) is 2. The van der Waals surface area contributed by atoms with E-state index in [1.54, 1.807) is 18.3 Å². The number of anilines is 1. The van der Waals surface area contributed by atoms with Crippen LogP contribution in [0, 0.1) is 5.92 Å². The van der Waals surface area contributed by atoms with E-state index < -0.39 is 0 Å². The second-order valence-corrected chi connectivity index (χ2v) is 4.05. The predicted octanol–water partition coefficient (Wildman–Crippen LogP) is 0.805. The normalized spacial score (nSPS) is 19.6. The first-order valence-corrected chi connectivity index (χ1v) is 5.63. The number of aromatic nitrogens is 2. The molecule has 1 atom stereocenters. The molecule has 0 radical (unpaired) electrons. The Morgan fingerprint density at radius 2 is 2.56 bits per heavy atom. The maximum absolute atomic E-state index is 11.6. The van der Waals surface area contributed by atoms with Gasteiger partial charge in [0.25, 0.3) is 0 Å². The number of amides is 1. The van der Waals surface area contributed by atoms with Crippen molar-refractivity contribution in [3.63, 3.8) is 0 Å². The van der Waals surface area contributed by atoms with Gasteiger partial charge in [0.2, 0.25) is 5.91 Å². The Hall–Kier alpha value is -1.49. The summed E-state index contributed by atoms with van der Waals surface area (Å²) in [6.45, 7) is 2.12. The zero-order chi connectivity index (χ0) is 11.2. The molecule has 1 aliphatic rings. The van der Waals surface area contributed by atoms with Gasteiger partial charge in [-0.2, -0.15) is 5.10 Å². The van der Waals surface area contributed by atoms with Crippen LogP contribution in [-0.2, 0) is 4.79 Å². The molecule has 2 rings (SSSR count). The molecule has 0 saturated carbocycles. The highest BCUT2D eigenvalue weighted by molar-refractivity contribution is 5.89. The van der Waals surface area contributed by atoms with Gasteiger partial charge in [-0.1, -0.05) is 0 Å². The maximum atomic E-state index is 11.6. The number of hydrogen-bond acceptors (Lipinski definition) is 4. The van der Waals surface area contributed by atoms with Crippen molar-refractivity contribution in [2.45, 2.75) is 19.3 Å². The second-order valence-electron chi connectivity index (χ2n) is 4.05. The zero-order valence-corrected chi connectivity index (χ0v) is 9.15. The summed E-state index contributed by atoms with van der Waals surface area (Å²) in [4.78, 5) is 11.6. The molecule has 2 heterocycles. The van der Waals surface area contributed by atoms with Crippen LogP contribution in [0.1, 0.15) is 19.3 Å². The van der Waals surface area contributed by atoms with Crippen LogP contribution in [0.25, 0.3) is 0 Å². The summed E-state index contributed by atoms with van der Waals surface area (Å²) in [6.07, 6.45) is 4.26. The van der Waals surface area contributed by atoms with Crippen LogP contribution in [0.5, 0.6) is 0 Å². The quantitative estimate of drug-likeness (QED) is 0.787. The summed E-state index contributed by atoms with van der Waals surface area (Å²) in [5.41, 5.74) is 0. The first-order valence-electron chi connectivity index (χ1n) is 5.63. The van der Waals surface area contributed by atoms with Crippen LogP contribution in [-0.4, -0.2) is 29.2 Å². The van der Waals surface area contributed by atoms with Gasteiger partial charge in [0.15, 0.2) is 5.82 Å². The Morgan fingerprint density at radius 3 is 3.25 bits per heavy atom. The lowest BCUT2D eigenvalue weighted by molar-refractivity contribution is -0.116. The van der Waals surface area contributed by atoms with Gasteiger partial charge in [-0.3, -0.25) is 4.79 Å². The Labute approximate surface area is 94.6 Å². The number of carbonyl (C=O) groups is 1. The molecule has 16 heavy (non-hydrogen) atoms. The third-order valence-electron chi connectivity index (χ3n) is 2.78. The molecule has 0 spiro atoms. The number of carbonyl (C=O) groups excluding carboxylic acids is 1. The van der Waals surface area contributed by atoms with E-state index in [1.165, 1.54) is 6.42 Å². The van der Waals surface area contributed by atoms with Crippen LogP contribution in [0.15, 0.2) is 18.3 Å². The van der Waals surface area contributed by atoms with Gasteiger partial charge in [-0.15, -0.1) is 5.10 Å². The first kappa shape index (κ1) is 11.0. The Balaban J connectivity index is 1.72. The minimum atomic E-state index is 0.0207. The molecule has 2 N–H and O–H groups in total. The van der Waals surface area contributed by atoms with Crippen molar-refractivity contribution in [3.05, 3.63) is 18.3 Å². The van der Waals surface area contributed by atoms with Gasteiger partial charge in [-0.05, 0) is 44.0 Å². The Kier molecular flexibility index (Phi) is 3.82. The molecule has 0 aromatic carbocycles. The van der Waals surface area contributed by atoms with E-state index in [0.717, 1.165) is 19.5 Å². The SMILES string of the molecule is O=C(CCC1CCNC1)Nc1cccnn1. The number of nitrogens with zero attached hydrogens (tertiary/aromatic N) is 2. The summed E-state index contributed by atoms with van der Waals surface area (Å²) in [5, 5.41) is 13.5. The minimum Gasteiger partial charge on any atom is -0.316 e. The Morgan fingerprint density at radius 1 is 1.62 bits per heavy atom. The fourth-order valence-electron chi connectivity index (χ4n) is 1.87. The smallest absolute Gasteiger partial charge is 0.225 e. The van der Waals surface area contributed by atoms with E-state index in [2.05, 4.69) is 20.8 Å². The Bertz CT molecular complexity index is 335. The largest absolute Gasteiger partial charge is 0.316 e. The lowest BCUT2D eigenvalue weighted by Gasteiger charge is -2.07. The molecular formula is C11H16N4O. The molecule has 0 aliphatic carbocycles. The third-order valence-corrected chi connectivity index (χ3v) is 2.78. The predicted molar refractivity (Wildman–Crippen MR) is 60.9 cm³/mol. The maximum Gasteiger partial charge on any atom is 0.225 e. The van der Waals surface area contributed by atoms with Crippen molar-refractivity contribution in [1.82, 2.24) is 15.5 Å². The molecule has 86 valence electrons. The van der Waals surface area contributed by atoms with Crippen molar-refractivity contribution in [3.8, 4) is 0 Å². The average molecular weight is 220 g/mol. The molecule has 0 bridgehead atoms. The summed E-state index contributed by atoms with van der Waals surface area (Å²) in [5.74, 6) is 1.19. The fourth-order valence-corrected chi connectivity index (χ4v) is 1.87. The summed E-state index contributed by atoms with van der Waals surface area (Å²) >= 11 is 0. The van der Waals surface area contributed by atoms with Crippen LogP contribution >= 0.6 is 0 Å². The van der Waals surface area contributed by atoms with Gasteiger partial charge >= 0.3 is 0 Å². The molecule has 5 nitrogen and oxygen atoms in total. The zero-order valence-electron chi connectivity index (χ0n) is 9.15. The number of rotatable bonds is 4. The molecular weight excluding hydrogens is 204 g/mol. The van der Waals surface area contributed by atoms with Crippen molar-refractivity contribution in [2.75, 3.05) is 18.4 Å². The van der Waals surface area contributed by atoms with Gasteiger partial charge in [-0.25, -0.2) is 0 Å². The molecule has 1 aromatic rings. The molecule has 1 fully saturated rings. The van der Waals surface area contributed by atoms with Crippen LogP contribution in [0.2, 0.25) is 0 Å². The monoisotopic (exact) mass is 220 g/mol. The lowest BCUT2D eigenvalue weighted by Crippen LogP contribution is -2.15. The van der Waals surface area contributed by atoms with Gasteiger partial charge < -0.3 is 10.6 Å². The molecule has 1 saturated heterocycles. The van der Waals surface area contributed by atoms with Crippen LogP contribution < -0.4 is 10.6 Å². The van der Waals surface area contributed by atoms with Crippen molar-refractivity contribution in [1.29, 1.82) is 0 Å².